The largest absolute Gasteiger partial charge is 0.336 e. The molecule has 3 aromatic rings. The lowest BCUT2D eigenvalue weighted by molar-refractivity contribution is 0.173. The van der Waals surface area contributed by atoms with Crippen LogP contribution < -0.4 is 10.6 Å². The SMILES string of the molecule is O=C(Nc1ccccc1Br)NC1(c2nc(-c3cnccn3)no2)CCCCC1. The van der Waals surface area contributed by atoms with Crippen molar-refractivity contribution in [1.82, 2.24) is 25.4 Å². The summed E-state index contributed by atoms with van der Waals surface area (Å²) in [6.45, 7) is 0. The first-order valence-corrected chi connectivity index (χ1v) is 9.90. The summed E-state index contributed by atoms with van der Waals surface area (Å²) < 4.78 is 6.37. The molecule has 0 bridgehead atoms. The van der Waals surface area contributed by atoms with E-state index in [1.807, 2.05) is 24.3 Å². The van der Waals surface area contributed by atoms with Crippen LogP contribution in [0.25, 0.3) is 11.5 Å². The number of hydrogen-bond acceptors (Lipinski definition) is 6. The summed E-state index contributed by atoms with van der Waals surface area (Å²) in [7, 11) is 0. The lowest BCUT2D eigenvalue weighted by atomic mass is 9.81. The number of urea groups is 1. The molecule has 2 N–H and O–H groups in total. The number of rotatable bonds is 4. The first-order valence-electron chi connectivity index (χ1n) is 9.11. The second-order valence-corrected chi connectivity index (χ2v) is 7.57. The Kier molecular flexibility index (Phi) is 5.34. The van der Waals surface area contributed by atoms with E-state index in [4.69, 9.17) is 4.52 Å². The van der Waals surface area contributed by atoms with Gasteiger partial charge in [0.2, 0.25) is 5.82 Å². The van der Waals surface area contributed by atoms with E-state index in [2.05, 4.69) is 46.7 Å². The monoisotopic (exact) mass is 442 g/mol. The van der Waals surface area contributed by atoms with E-state index >= 15 is 0 Å². The average molecular weight is 443 g/mol. The molecule has 28 heavy (non-hydrogen) atoms. The maximum Gasteiger partial charge on any atom is 0.320 e. The second-order valence-electron chi connectivity index (χ2n) is 6.72. The summed E-state index contributed by atoms with van der Waals surface area (Å²) in [5.41, 5.74) is 0.523. The van der Waals surface area contributed by atoms with Crippen LogP contribution in [0.1, 0.15) is 38.0 Å². The molecular weight excluding hydrogens is 424 g/mol. The summed E-state index contributed by atoms with van der Waals surface area (Å²) in [5, 5.41) is 10.0. The van der Waals surface area contributed by atoms with Crippen molar-refractivity contribution < 1.29 is 9.32 Å². The summed E-state index contributed by atoms with van der Waals surface area (Å²) in [5.74, 6) is 0.760. The van der Waals surface area contributed by atoms with Crippen molar-refractivity contribution in [3.63, 3.8) is 0 Å². The second kappa shape index (κ2) is 8.05. The molecule has 2 amide bonds. The van der Waals surface area contributed by atoms with Crippen LogP contribution in [0.15, 0.2) is 51.9 Å². The average Bonchev–Trinajstić information content (AvgIpc) is 3.22. The maximum atomic E-state index is 12.7. The molecule has 1 saturated carbocycles. The van der Waals surface area contributed by atoms with Gasteiger partial charge in [-0.25, -0.2) is 9.78 Å². The molecule has 4 rings (SSSR count). The third-order valence-electron chi connectivity index (χ3n) is 4.81. The predicted octanol–water partition coefficient (Wildman–Crippen LogP) is 4.27. The molecule has 0 radical (unpaired) electrons. The Morgan fingerprint density at radius 1 is 1.14 bits per heavy atom. The maximum absolute atomic E-state index is 12.7. The molecule has 1 fully saturated rings. The van der Waals surface area contributed by atoms with Crippen LogP contribution in [0.5, 0.6) is 0 Å². The number of carbonyl (C=O) groups is 1. The Morgan fingerprint density at radius 3 is 2.71 bits per heavy atom. The van der Waals surface area contributed by atoms with Crippen LogP contribution in [0.2, 0.25) is 0 Å². The molecule has 0 aliphatic heterocycles. The van der Waals surface area contributed by atoms with E-state index in [9.17, 15) is 4.79 Å². The molecule has 0 spiro atoms. The topological polar surface area (TPSA) is 106 Å². The summed E-state index contributed by atoms with van der Waals surface area (Å²) >= 11 is 3.44. The fraction of sp³-hybridized carbons (Fsp3) is 0.316. The first-order chi connectivity index (χ1) is 13.7. The molecule has 0 unspecified atom stereocenters. The van der Waals surface area contributed by atoms with Gasteiger partial charge in [0.1, 0.15) is 11.2 Å². The van der Waals surface area contributed by atoms with Crippen molar-refractivity contribution in [2.24, 2.45) is 0 Å². The van der Waals surface area contributed by atoms with Gasteiger partial charge in [-0.1, -0.05) is 36.6 Å². The normalized spacial score (nSPS) is 15.8. The number of amides is 2. The predicted molar refractivity (Wildman–Crippen MR) is 106 cm³/mol. The number of para-hydroxylation sites is 1. The van der Waals surface area contributed by atoms with Crippen LogP contribution in [-0.2, 0) is 5.54 Å². The zero-order valence-corrected chi connectivity index (χ0v) is 16.6. The molecule has 1 aliphatic rings. The summed E-state index contributed by atoms with van der Waals surface area (Å²) in [6.07, 6.45) is 9.26. The standard InChI is InChI=1S/C19H19BrN6O2/c20-13-6-2-3-7-14(13)23-18(27)25-19(8-4-1-5-9-19)17-24-16(26-28-17)15-12-21-10-11-22-15/h2-3,6-7,10-12H,1,4-5,8-9H2,(H2,23,25,27). The van der Waals surface area contributed by atoms with Crippen LogP contribution >= 0.6 is 15.9 Å². The van der Waals surface area contributed by atoms with Crippen molar-refractivity contribution in [3.8, 4) is 11.5 Å². The molecule has 9 heteroatoms. The van der Waals surface area contributed by atoms with E-state index in [0.717, 1.165) is 36.6 Å². The lowest BCUT2D eigenvalue weighted by Crippen LogP contribution is -2.49. The van der Waals surface area contributed by atoms with E-state index in [1.165, 1.54) is 0 Å². The van der Waals surface area contributed by atoms with Crippen molar-refractivity contribution >= 4 is 27.6 Å². The molecule has 2 heterocycles. The van der Waals surface area contributed by atoms with Crippen LogP contribution in [0.3, 0.4) is 0 Å². The van der Waals surface area contributed by atoms with E-state index in [0.29, 0.717) is 23.1 Å². The number of anilines is 1. The van der Waals surface area contributed by atoms with Gasteiger partial charge in [-0.15, -0.1) is 0 Å². The zero-order chi connectivity index (χ0) is 19.4. The Morgan fingerprint density at radius 2 is 1.96 bits per heavy atom. The Labute approximate surface area is 170 Å². The molecule has 144 valence electrons. The van der Waals surface area contributed by atoms with Crippen molar-refractivity contribution in [1.29, 1.82) is 0 Å². The van der Waals surface area contributed by atoms with Gasteiger partial charge in [0.05, 0.1) is 11.9 Å². The first kappa shape index (κ1) is 18.5. The molecule has 1 aliphatic carbocycles. The van der Waals surface area contributed by atoms with Gasteiger partial charge in [-0.3, -0.25) is 4.98 Å². The number of carbonyl (C=O) groups excluding carboxylic acids is 1. The number of hydrogen-bond donors (Lipinski definition) is 2. The van der Waals surface area contributed by atoms with Crippen molar-refractivity contribution in [2.45, 2.75) is 37.6 Å². The highest BCUT2D eigenvalue weighted by atomic mass is 79.9. The fourth-order valence-electron chi connectivity index (χ4n) is 3.42. The van der Waals surface area contributed by atoms with Gasteiger partial charge in [-0.05, 0) is 40.9 Å². The van der Waals surface area contributed by atoms with Crippen LogP contribution in [-0.4, -0.2) is 26.1 Å². The highest BCUT2D eigenvalue weighted by Gasteiger charge is 2.41. The fourth-order valence-corrected chi connectivity index (χ4v) is 3.80. The van der Waals surface area contributed by atoms with Gasteiger partial charge >= 0.3 is 6.03 Å². The minimum Gasteiger partial charge on any atom is -0.336 e. The molecule has 0 saturated heterocycles. The van der Waals surface area contributed by atoms with Crippen LogP contribution in [0.4, 0.5) is 10.5 Å². The van der Waals surface area contributed by atoms with Crippen LogP contribution in [0, 0.1) is 0 Å². The molecule has 1 aromatic carbocycles. The minimum absolute atomic E-state index is 0.312. The molecule has 8 nitrogen and oxygen atoms in total. The third kappa shape index (κ3) is 3.89. The van der Waals surface area contributed by atoms with Gasteiger partial charge < -0.3 is 15.2 Å². The number of nitrogens with zero attached hydrogens (tertiary/aromatic N) is 4. The Bertz CT molecular complexity index is 956. The zero-order valence-electron chi connectivity index (χ0n) is 15.1. The van der Waals surface area contributed by atoms with E-state index < -0.39 is 5.54 Å². The van der Waals surface area contributed by atoms with Crippen molar-refractivity contribution in [2.75, 3.05) is 5.32 Å². The smallest absolute Gasteiger partial charge is 0.320 e. The van der Waals surface area contributed by atoms with E-state index in [-0.39, 0.29) is 6.03 Å². The van der Waals surface area contributed by atoms with Crippen molar-refractivity contribution in [3.05, 3.63) is 53.2 Å². The Hall–Kier alpha value is -2.81. The number of nitrogens with one attached hydrogen (secondary N) is 2. The minimum atomic E-state index is -0.697. The third-order valence-corrected chi connectivity index (χ3v) is 5.50. The number of halogens is 1. The molecule has 0 atom stereocenters. The summed E-state index contributed by atoms with van der Waals surface area (Å²) in [4.78, 5) is 25.5. The van der Waals surface area contributed by atoms with Gasteiger partial charge in [0.15, 0.2) is 0 Å². The highest BCUT2D eigenvalue weighted by Crippen LogP contribution is 2.37. The molecular formula is C19H19BrN6O2. The quantitative estimate of drug-likeness (QED) is 0.624. The van der Waals surface area contributed by atoms with Gasteiger partial charge in [0.25, 0.3) is 5.89 Å². The Balaban J connectivity index is 1.58. The number of benzene rings is 1. The van der Waals surface area contributed by atoms with Gasteiger partial charge in [-0.2, -0.15) is 4.98 Å². The highest BCUT2D eigenvalue weighted by molar-refractivity contribution is 9.10. The van der Waals surface area contributed by atoms with Gasteiger partial charge in [0, 0.05) is 16.9 Å². The lowest BCUT2D eigenvalue weighted by Gasteiger charge is -2.34. The summed E-state index contributed by atoms with van der Waals surface area (Å²) in [6, 6.07) is 7.14. The molecule has 2 aromatic heterocycles. The number of aromatic nitrogens is 4. The van der Waals surface area contributed by atoms with E-state index in [1.54, 1.807) is 18.6 Å².